The molecule has 0 radical (unpaired) electrons. The van der Waals surface area contributed by atoms with E-state index in [4.69, 9.17) is 0 Å². The monoisotopic (exact) mass is 258 g/mol. The first-order valence-corrected chi connectivity index (χ1v) is 5.09. The lowest BCUT2D eigenvalue weighted by Crippen LogP contribution is -2.30. The summed E-state index contributed by atoms with van der Waals surface area (Å²) < 4.78 is 41.2. The quantitative estimate of drug-likeness (QED) is 0.842. The second-order valence-corrected chi connectivity index (χ2v) is 3.73. The van der Waals surface area contributed by atoms with Crippen LogP contribution in [-0.2, 0) is 4.74 Å². The van der Waals surface area contributed by atoms with Crippen molar-refractivity contribution in [2.75, 3.05) is 0 Å². The molecule has 1 heterocycles. The van der Waals surface area contributed by atoms with E-state index in [1.807, 2.05) is 0 Å². The number of nitrogens with zero attached hydrogens (tertiary/aromatic N) is 1. The Morgan fingerprint density at radius 1 is 1.44 bits per heavy atom. The highest BCUT2D eigenvalue weighted by Crippen LogP contribution is 2.24. The van der Waals surface area contributed by atoms with E-state index in [1.165, 1.54) is 12.3 Å². The molecule has 0 spiro atoms. The molecular weight excluding hydrogens is 249 g/mol. The Balaban J connectivity index is 2.27. The van der Waals surface area contributed by atoms with Gasteiger partial charge in [0.15, 0.2) is 6.10 Å². The van der Waals surface area contributed by atoms with Crippen molar-refractivity contribution in [3.8, 4) is 0 Å². The summed E-state index contributed by atoms with van der Waals surface area (Å²) in [5.74, 6) is -1.03. The van der Waals surface area contributed by atoms with Gasteiger partial charge in [-0.3, -0.25) is 5.10 Å². The van der Waals surface area contributed by atoms with Gasteiger partial charge in [0, 0.05) is 5.39 Å². The number of esters is 1. The Morgan fingerprint density at radius 2 is 2.17 bits per heavy atom. The van der Waals surface area contributed by atoms with Crippen molar-refractivity contribution in [3.63, 3.8) is 0 Å². The van der Waals surface area contributed by atoms with E-state index in [-0.39, 0.29) is 5.56 Å². The summed E-state index contributed by atoms with van der Waals surface area (Å²) in [7, 11) is 0. The first-order chi connectivity index (χ1) is 8.39. The molecule has 0 aliphatic rings. The van der Waals surface area contributed by atoms with Gasteiger partial charge in [0.05, 0.1) is 17.3 Å². The molecule has 0 amide bonds. The van der Waals surface area contributed by atoms with Crippen LogP contribution in [0.1, 0.15) is 17.3 Å². The maximum Gasteiger partial charge on any atom is 0.425 e. The molecule has 0 bridgehead atoms. The van der Waals surface area contributed by atoms with Crippen LogP contribution in [-0.4, -0.2) is 28.4 Å². The van der Waals surface area contributed by atoms with E-state index >= 15 is 0 Å². The van der Waals surface area contributed by atoms with Gasteiger partial charge in [0.2, 0.25) is 0 Å². The van der Waals surface area contributed by atoms with Gasteiger partial charge in [-0.25, -0.2) is 4.79 Å². The van der Waals surface area contributed by atoms with E-state index in [1.54, 1.807) is 12.1 Å². The average molecular weight is 258 g/mol. The number of benzene rings is 1. The van der Waals surface area contributed by atoms with Crippen LogP contribution in [0.3, 0.4) is 0 Å². The lowest BCUT2D eigenvalue weighted by Gasteiger charge is -2.16. The van der Waals surface area contributed by atoms with Gasteiger partial charge < -0.3 is 4.74 Å². The second kappa shape index (κ2) is 4.32. The number of hydrogen-bond acceptors (Lipinski definition) is 3. The number of carbonyl (C=O) groups excluding carboxylic acids is 1. The maximum absolute atomic E-state index is 12.3. The predicted octanol–water partition coefficient (Wildman–Crippen LogP) is 2.67. The van der Waals surface area contributed by atoms with Gasteiger partial charge in [0.1, 0.15) is 0 Å². The molecule has 1 aromatic carbocycles. The van der Waals surface area contributed by atoms with E-state index in [0.717, 1.165) is 6.92 Å². The zero-order chi connectivity index (χ0) is 13.3. The molecule has 1 N–H and O–H groups in total. The van der Waals surface area contributed by atoms with E-state index in [0.29, 0.717) is 10.9 Å². The number of aromatic amines is 1. The zero-order valence-electron chi connectivity index (χ0n) is 9.28. The van der Waals surface area contributed by atoms with Gasteiger partial charge in [-0.05, 0) is 13.0 Å². The summed E-state index contributed by atoms with van der Waals surface area (Å²) >= 11 is 0. The van der Waals surface area contributed by atoms with Crippen molar-refractivity contribution in [2.45, 2.75) is 19.2 Å². The van der Waals surface area contributed by atoms with Crippen molar-refractivity contribution in [3.05, 3.63) is 30.0 Å². The van der Waals surface area contributed by atoms with Crippen LogP contribution in [0.4, 0.5) is 13.2 Å². The average Bonchev–Trinajstić information content (AvgIpc) is 2.74. The first kappa shape index (κ1) is 12.4. The summed E-state index contributed by atoms with van der Waals surface area (Å²) in [6, 6.07) is 4.61. The van der Waals surface area contributed by atoms with Crippen LogP contribution >= 0.6 is 0 Å². The van der Waals surface area contributed by atoms with Gasteiger partial charge >= 0.3 is 12.1 Å². The molecule has 2 rings (SSSR count). The minimum Gasteiger partial charge on any atom is -0.449 e. The number of carbonyl (C=O) groups is 1. The highest BCUT2D eigenvalue weighted by atomic mass is 19.4. The van der Waals surface area contributed by atoms with Gasteiger partial charge in [-0.15, -0.1) is 0 Å². The molecule has 1 atom stereocenters. The third-order valence-electron chi connectivity index (χ3n) is 2.44. The molecule has 2 aromatic rings. The summed E-state index contributed by atoms with van der Waals surface area (Å²) in [4.78, 5) is 11.6. The number of H-pyrrole nitrogens is 1. The number of nitrogens with one attached hydrogen (secondary N) is 1. The molecule has 0 saturated heterocycles. The maximum atomic E-state index is 12.3. The van der Waals surface area contributed by atoms with E-state index in [2.05, 4.69) is 14.9 Å². The zero-order valence-corrected chi connectivity index (χ0v) is 9.28. The van der Waals surface area contributed by atoms with Crippen LogP contribution in [0.15, 0.2) is 24.4 Å². The van der Waals surface area contributed by atoms with Crippen molar-refractivity contribution in [1.82, 2.24) is 10.2 Å². The van der Waals surface area contributed by atoms with Crippen molar-refractivity contribution < 1.29 is 22.7 Å². The van der Waals surface area contributed by atoms with Crippen LogP contribution < -0.4 is 0 Å². The number of aromatic nitrogens is 2. The van der Waals surface area contributed by atoms with Gasteiger partial charge in [-0.2, -0.15) is 18.3 Å². The Morgan fingerprint density at radius 3 is 2.83 bits per heavy atom. The molecule has 0 aliphatic heterocycles. The molecular formula is C11H9F3N2O2. The Labute approximate surface area is 99.7 Å². The van der Waals surface area contributed by atoms with Crippen LogP contribution in [0.25, 0.3) is 10.9 Å². The summed E-state index contributed by atoms with van der Waals surface area (Å²) in [6.07, 6.45) is -5.25. The standard InChI is InChI=1S/C11H9F3N2O2/c1-6(11(12,13)14)18-10(17)8-4-2-3-7-5-15-16-9(7)8/h2-6H,1H3,(H,15,16)/t6-/m1/s1. The second-order valence-electron chi connectivity index (χ2n) is 3.73. The lowest BCUT2D eigenvalue weighted by atomic mass is 10.1. The number of hydrogen-bond donors (Lipinski definition) is 1. The fraction of sp³-hybridized carbons (Fsp3) is 0.273. The largest absolute Gasteiger partial charge is 0.449 e. The fourth-order valence-corrected chi connectivity index (χ4v) is 1.43. The highest BCUT2D eigenvalue weighted by Gasteiger charge is 2.39. The summed E-state index contributed by atoms with van der Waals surface area (Å²) in [6.45, 7) is 0.783. The molecule has 96 valence electrons. The number of fused-ring (bicyclic) bond motifs is 1. The Hall–Kier alpha value is -2.05. The molecule has 1 aromatic heterocycles. The van der Waals surface area contributed by atoms with Gasteiger partial charge in [-0.1, -0.05) is 12.1 Å². The minimum absolute atomic E-state index is 0.0288. The topological polar surface area (TPSA) is 55.0 Å². The van der Waals surface area contributed by atoms with E-state index in [9.17, 15) is 18.0 Å². The Bertz CT molecular complexity index is 577. The molecule has 0 aliphatic carbocycles. The van der Waals surface area contributed by atoms with E-state index < -0.39 is 18.2 Å². The highest BCUT2D eigenvalue weighted by molar-refractivity contribution is 6.02. The van der Waals surface area contributed by atoms with Crippen LogP contribution in [0, 0.1) is 0 Å². The number of para-hydroxylation sites is 1. The molecule has 18 heavy (non-hydrogen) atoms. The third-order valence-corrected chi connectivity index (χ3v) is 2.44. The van der Waals surface area contributed by atoms with Crippen molar-refractivity contribution in [1.29, 1.82) is 0 Å². The van der Waals surface area contributed by atoms with Gasteiger partial charge in [0.25, 0.3) is 0 Å². The number of rotatable bonds is 2. The molecule has 7 heteroatoms. The third kappa shape index (κ3) is 2.29. The summed E-state index contributed by atoms with van der Waals surface area (Å²) in [5.41, 5.74) is 0.387. The normalized spacial score (nSPS) is 13.6. The Kier molecular flexibility index (Phi) is 2.98. The molecule has 0 saturated carbocycles. The number of ether oxygens (including phenoxy) is 1. The van der Waals surface area contributed by atoms with Crippen LogP contribution in [0.2, 0.25) is 0 Å². The van der Waals surface area contributed by atoms with Crippen molar-refractivity contribution >= 4 is 16.9 Å². The summed E-state index contributed by atoms with van der Waals surface area (Å²) in [5, 5.41) is 6.90. The first-order valence-electron chi connectivity index (χ1n) is 5.09. The SMILES string of the molecule is C[C@@H](OC(=O)c1cccc2cn[nH]c12)C(F)(F)F. The molecule has 0 unspecified atom stereocenters. The smallest absolute Gasteiger partial charge is 0.425 e. The lowest BCUT2D eigenvalue weighted by molar-refractivity contribution is -0.198. The predicted molar refractivity (Wildman–Crippen MR) is 57.0 cm³/mol. The molecule has 4 nitrogen and oxygen atoms in total. The number of alkyl halides is 3. The molecule has 0 fully saturated rings. The van der Waals surface area contributed by atoms with Crippen molar-refractivity contribution in [2.24, 2.45) is 0 Å². The number of halogens is 3. The van der Waals surface area contributed by atoms with Crippen LogP contribution in [0.5, 0.6) is 0 Å². The minimum atomic E-state index is -4.57. The fourth-order valence-electron chi connectivity index (χ4n) is 1.43.